The van der Waals surface area contributed by atoms with Crippen LogP contribution in [0.4, 0.5) is 5.69 Å². The van der Waals surface area contributed by atoms with Crippen LogP contribution in [0.3, 0.4) is 0 Å². The molecule has 0 fully saturated rings. The molecule has 0 aliphatic heterocycles. The van der Waals surface area contributed by atoms with Crippen molar-refractivity contribution in [3.8, 4) is 0 Å². The number of nitrogens with zero attached hydrogens (tertiary/aromatic N) is 1. The summed E-state index contributed by atoms with van der Waals surface area (Å²) in [6.45, 7) is 1.89. The highest BCUT2D eigenvalue weighted by atomic mass is 127. The third-order valence-electron chi connectivity index (χ3n) is 2.33. The molecule has 0 aliphatic rings. The van der Waals surface area contributed by atoms with Crippen molar-refractivity contribution in [3.63, 3.8) is 0 Å². The molecule has 1 heterocycles. The molecule has 0 saturated carbocycles. The van der Waals surface area contributed by atoms with Crippen LogP contribution in [-0.4, -0.2) is 10.9 Å². The number of anilines is 1. The molecule has 0 bridgehead atoms. The Morgan fingerprint density at radius 1 is 1.33 bits per heavy atom. The fourth-order valence-corrected chi connectivity index (χ4v) is 1.95. The number of aromatic nitrogens is 1. The molecule has 2 rings (SSSR count). The maximum absolute atomic E-state index is 12.0. The van der Waals surface area contributed by atoms with E-state index < -0.39 is 0 Å². The number of nitrogens with one attached hydrogen (secondary N) is 1. The number of hydrogen-bond donors (Lipinski definition) is 1. The maximum atomic E-state index is 12.0. The summed E-state index contributed by atoms with van der Waals surface area (Å²) in [7, 11) is 0. The average molecular weight is 373 g/mol. The van der Waals surface area contributed by atoms with Crippen LogP contribution in [-0.2, 0) is 0 Å². The van der Waals surface area contributed by atoms with Crippen LogP contribution in [0.1, 0.15) is 15.9 Å². The van der Waals surface area contributed by atoms with Gasteiger partial charge in [0.2, 0.25) is 0 Å². The minimum Gasteiger partial charge on any atom is -0.319 e. The summed E-state index contributed by atoms with van der Waals surface area (Å²) in [5.74, 6) is -0.194. The molecule has 0 atom stereocenters. The Kier molecular flexibility index (Phi) is 4.19. The van der Waals surface area contributed by atoms with Gasteiger partial charge in [-0.15, -0.1) is 0 Å². The second kappa shape index (κ2) is 5.67. The fourth-order valence-electron chi connectivity index (χ4n) is 1.44. The third-order valence-corrected chi connectivity index (χ3v) is 3.35. The zero-order valence-electron chi connectivity index (χ0n) is 9.58. The van der Waals surface area contributed by atoms with E-state index in [1.54, 1.807) is 24.4 Å². The van der Waals surface area contributed by atoms with Crippen molar-refractivity contribution in [2.75, 3.05) is 5.32 Å². The van der Waals surface area contributed by atoms with Crippen molar-refractivity contribution in [2.24, 2.45) is 0 Å². The molecular weight excluding hydrogens is 363 g/mol. The highest BCUT2D eigenvalue weighted by Gasteiger charge is 2.09. The van der Waals surface area contributed by atoms with Crippen LogP contribution < -0.4 is 5.32 Å². The van der Waals surface area contributed by atoms with Crippen molar-refractivity contribution < 1.29 is 4.79 Å². The molecule has 0 unspecified atom stereocenters. The predicted molar refractivity (Wildman–Crippen MR) is 81.1 cm³/mol. The van der Waals surface area contributed by atoms with Crippen LogP contribution in [0, 0.1) is 10.5 Å². The fraction of sp³-hybridized carbons (Fsp3) is 0.0769. The molecule has 18 heavy (non-hydrogen) atoms. The number of benzene rings is 1. The summed E-state index contributed by atoms with van der Waals surface area (Å²) in [5.41, 5.74) is 2.06. The lowest BCUT2D eigenvalue weighted by Crippen LogP contribution is -2.12. The second-order valence-electron chi connectivity index (χ2n) is 3.81. The molecule has 1 amide bonds. The molecule has 0 saturated heterocycles. The van der Waals surface area contributed by atoms with Crippen LogP contribution >= 0.6 is 34.2 Å². The van der Waals surface area contributed by atoms with Gasteiger partial charge in [-0.1, -0.05) is 11.6 Å². The predicted octanol–water partition coefficient (Wildman–Crippen LogP) is 3.90. The lowest BCUT2D eigenvalue weighted by atomic mass is 10.2. The molecule has 5 heteroatoms. The molecule has 1 N–H and O–H groups in total. The van der Waals surface area contributed by atoms with E-state index in [2.05, 4.69) is 32.9 Å². The van der Waals surface area contributed by atoms with Gasteiger partial charge in [-0.3, -0.25) is 4.79 Å². The molecule has 2 aromatic rings. The van der Waals surface area contributed by atoms with Gasteiger partial charge in [0, 0.05) is 15.3 Å². The lowest BCUT2D eigenvalue weighted by Gasteiger charge is -2.07. The minimum atomic E-state index is -0.194. The van der Waals surface area contributed by atoms with Crippen molar-refractivity contribution >= 4 is 45.8 Å². The van der Waals surface area contributed by atoms with Gasteiger partial charge in [-0.05, 0) is 65.4 Å². The molecular formula is C13H10ClIN2O. The highest BCUT2D eigenvalue weighted by Crippen LogP contribution is 2.20. The standard InChI is InChI=1S/C13H10ClIN2O/c1-8-6-11(12(14)16-7-8)17-13(18)9-2-4-10(15)5-3-9/h2-7H,1H3,(H,17,18). The minimum absolute atomic E-state index is 0.194. The second-order valence-corrected chi connectivity index (χ2v) is 5.42. The van der Waals surface area contributed by atoms with E-state index in [-0.39, 0.29) is 5.91 Å². The first-order valence-electron chi connectivity index (χ1n) is 5.25. The molecule has 92 valence electrons. The first kappa shape index (κ1) is 13.3. The van der Waals surface area contributed by atoms with E-state index in [1.807, 2.05) is 19.1 Å². The van der Waals surface area contributed by atoms with E-state index >= 15 is 0 Å². The van der Waals surface area contributed by atoms with Crippen LogP contribution in [0.15, 0.2) is 36.5 Å². The van der Waals surface area contributed by atoms with E-state index in [4.69, 9.17) is 11.6 Å². The number of hydrogen-bond acceptors (Lipinski definition) is 2. The van der Waals surface area contributed by atoms with Crippen molar-refractivity contribution in [1.29, 1.82) is 0 Å². The quantitative estimate of drug-likeness (QED) is 0.642. The molecule has 0 aliphatic carbocycles. The van der Waals surface area contributed by atoms with Crippen molar-refractivity contribution in [3.05, 3.63) is 56.4 Å². The summed E-state index contributed by atoms with van der Waals surface area (Å²) < 4.78 is 1.08. The average Bonchev–Trinajstić information content (AvgIpc) is 2.34. The van der Waals surface area contributed by atoms with Crippen LogP contribution in [0.25, 0.3) is 0 Å². The Morgan fingerprint density at radius 3 is 2.67 bits per heavy atom. The summed E-state index contributed by atoms with van der Waals surface area (Å²) in [6.07, 6.45) is 1.66. The summed E-state index contributed by atoms with van der Waals surface area (Å²) >= 11 is 8.12. The third kappa shape index (κ3) is 3.20. The van der Waals surface area contributed by atoms with Gasteiger partial charge in [-0.2, -0.15) is 0 Å². The Labute approximate surface area is 124 Å². The molecule has 3 nitrogen and oxygen atoms in total. The number of aryl methyl sites for hydroxylation is 1. The van der Waals surface area contributed by atoms with Gasteiger partial charge >= 0.3 is 0 Å². The number of carbonyl (C=O) groups excluding carboxylic acids is 1. The Morgan fingerprint density at radius 2 is 2.00 bits per heavy atom. The van der Waals surface area contributed by atoms with Crippen molar-refractivity contribution in [2.45, 2.75) is 6.92 Å². The number of carbonyl (C=O) groups is 1. The van der Waals surface area contributed by atoms with E-state index in [0.717, 1.165) is 9.13 Å². The van der Waals surface area contributed by atoms with Crippen molar-refractivity contribution in [1.82, 2.24) is 4.98 Å². The summed E-state index contributed by atoms with van der Waals surface area (Å²) in [6, 6.07) is 9.10. The Hall–Kier alpha value is -1.14. The SMILES string of the molecule is Cc1cnc(Cl)c(NC(=O)c2ccc(I)cc2)c1. The largest absolute Gasteiger partial charge is 0.319 e. The zero-order chi connectivity index (χ0) is 13.1. The van der Waals surface area contributed by atoms with E-state index in [1.165, 1.54) is 0 Å². The molecule has 1 aromatic carbocycles. The monoisotopic (exact) mass is 372 g/mol. The summed E-state index contributed by atoms with van der Waals surface area (Å²) in [4.78, 5) is 16.0. The number of halogens is 2. The van der Waals surface area contributed by atoms with Gasteiger partial charge in [0.05, 0.1) is 5.69 Å². The smallest absolute Gasteiger partial charge is 0.255 e. The topological polar surface area (TPSA) is 42.0 Å². The molecule has 0 spiro atoms. The van der Waals surface area contributed by atoms with Gasteiger partial charge in [0.1, 0.15) is 0 Å². The molecule has 1 aromatic heterocycles. The van der Waals surface area contributed by atoms with E-state index in [0.29, 0.717) is 16.4 Å². The lowest BCUT2D eigenvalue weighted by molar-refractivity contribution is 0.102. The van der Waals surface area contributed by atoms with Gasteiger partial charge in [-0.25, -0.2) is 4.98 Å². The maximum Gasteiger partial charge on any atom is 0.255 e. The normalized spacial score (nSPS) is 10.2. The number of rotatable bonds is 2. The number of amides is 1. The van der Waals surface area contributed by atoms with Crippen LogP contribution in [0.2, 0.25) is 5.15 Å². The van der Waals surface area contributed by atoms with Gasteiger partial charge < -0.3 is 5.32 Å². The summed E-state index contributed by atoms with van der Waals surface area (Å²) in [5, 5.41) is 3.04. The first-order chi connectivity index (χ1) is 8.56. The van der Waals surface area contributed by atoms with Gasteiger partial charge in [0.15, 0.2) is 5.15 Å². The van der Waals surface area contributed by atoms with Gasteiger partial charge in [0.25, 0.3) is 5.91 Å². The zero-order valence-corrected chi connectivity index (χ0v) is 12.5. The Balaban J connectivity index is 2.21. The Bertz CT molecular complexity index is 584. The van der Waals surface area contributed by atoms with Crippen LogP contribution in [0.5, 0.6) is 0 Å². The number of pyridine rings is 1. The van der Waals surface area contributed by atoms with E-state index in [9.17, 15) is 4.79 Å². The first-order valence-corrected chi connectivity index (χ1v) is 6.71. The highest BCUT2D eigenvalue weighted by molar-refractivity contribution is 14.1. The molecule has 0 radical (unpaired) electrons.